The monoisotopic (exact) mass is 333 g/mol. The Balaban J connectivity index is 2.35. The molecule has 0 heterocycles. The summed E-state index contributed by atoms with van der Waals surface area (Å²) in [4.78, 5) is 0. The summed E-state index contributed by atoms with van der Waals surface area (Å²) in [5.74, 6) is -0.0939. The maximum Gasteiger partial charge on any atom is 0.0871 e. The van der Waals surface area contributed by atoms with Gasteiger partial charge < -0.3 is 10.8 Å². The third-order valence-electron chi connectivity index (χ3n) is 3.51. The van der Waals surface area contributed by atoms with Gasteiger partial charge in [0.25, 0.3) is 0 Å². The summed E-state index contributed by atoms with van der Waals surface area (Å²) < 4.78 is 0.978. The van der Waals surface area contributed by atoms with Gasteiger partial charge in [0.05, 0.1) is 6.10 Å². The van der Waals surface area contributed by atoms with Crippen LogP contribution >= 0.6 is 15.9 Å². The Labute approximate surface area is 128 Å². The number of hydrogen-bond donors (Lipinski definition) is 2. The first-order valence-electron chi connectivity index (χ1n) is 6.73. The number of aliphatic hydroxyl groups excluding tert-OH is 1. The zero-order chi connectivity index (χ0) is 14.7. The van der Waals surface area contributed by atoms with E-state index in [1.807, 2.05) is 50.2 Å². The summed E-state index contributed by atoms with van der Waals surface area (Å²) in [7, 11) is 0. The van der Waals surface area contributed by atoms with Gasteiger partial charge in [0.15, 0.2) is 0 Å². The second-order valence-electron chi connectivity index (χ2n) is 5.26. The first-order valence-corrected chi connectivity index (χ1v) is 7.52. The number of benzene rings is 2. The lowest BCUT2D eigenvalue weighted by atomic mass is 9.88. The Kier molecular flexibility index (Phi) is 4.97. The van der Waals surface area contributed by atoms with Crippen LogP contribution in [0.3, 0.4) is 0 Å². The summed E-state index contributed by atoms with van der Waals surface area (Å²) in [5.41, 5.74) is 10.2. The molecule has 2 rings (SSSR count). The van der Waals surface area contributed by atoms with Crippen LogP contribution in [0, 0.1) is 13.8 Å². The Morgan fingerprint density at radius 1 is 1.05 bits per heavy atom. The number of aliphatic hydroxyl groups is 1. The Hall–Kier alpha value is -1.16. The van der Waals surface area contributed by atoms with Crippen LogP contribution in [0.4, 0.5) is 0 Å². The van der Waals surface area contributed by atoms with Crippen molar-refractivity contribution in [3.05, 3.63) is 69.2 Å². The van der Waals surface area contributed by atoms with Gasteiger partial charge in [-0.15, -0.1) is 0 Å². The van der Waals surface area contributed by atoms with Gasteiger partial charge in [-0.05, 0) is 42.7 Å². The van der Waals surface area contributed by atoms with Crippen molar-refractivity contribution < 1.29 is 5.11 Å². The van der Waals surface area contributed by atoms with Gasteiger partial charge >= 0.3 is 0 Å². The fraction of sp³-hybridized carbons (Fsp3) is 0.294. The second kappa shape index (κ2) is 6.53. The van der Waals surface area contributed by atoms with Crippen molar-refractivity contribution in [2.24, 2.45) is 5.73 Å². The molecule has 0 amide bonds. The molecule has 0 aliphatic heterocycles. The molecule has 0 saturated heterocycles. The van der Waals surface area contributed by atoms with Crippen LogP contribution in [0.2, 0.25) is 0 Å². The van der Waals surface area contributed by atoms with E-state index in [2.05, 4.69) is 22.0 Å². The van der Waals surface area contributed by atoms with E-state index in [0.717, 1.165) is 21.2 Å². The van der Waals surface area contributed by atoms with Crippen molar-refractivity contribution in [2.45, 2.75) is 25.9 Å². The zero-order valence-electron chi connectivity index (χ0n) is 11.8. The molecule has 0 fully saturated rings. The molecule has 0 aliphatic carbocycles. The quantitative estimate of drug-likeness (QED) is 0.892. The smallest absolute Gasteiger partial charge is 0.0871 e. The lowest BCUT2D eigenvalue weighted by Crippen LogP contribution is -2.20. The van der Waals surface area contributed by atoms with Gasteiger partial charge in [0.1, 0.15) is 0 Å². The molecule has 2 aromatic rings. The summed E-state index contributed by atoms with van der Waals surface area (Å²) in [6, 6.07) is 14.2. The fourth-order valence-corrected chi connectivity index (χ4v) is 3.14. The van der Waals surface area contributed by atoms with Gasteiger partial charge in [-0.1, -0.05) is 51.8 Å². The van der Waals surface area contributed by atoms with Crippen LogP contribution in [-0.2, 0) is 0 Å². The third kappa shape index (κ3) is 3.48. The zero-order valence-corrected chi connectivity index (χ0v) is 13.4. The molecule has 0 saturated carbocycles. The molecule has 0 bridgehead atoms. The molecule has 106 valence electrons. The van der Waals surface area contributed by atoms with E-state index in [4.69, 9.17) is 5.73 Å². The predicted octanol–water partition coefficient (Wildman–Crippen LogP) is 3.84. The Morgan fingerprint density at radius 2 is 1.75 bits per heavy atom. The fourth-order valence-electron chi connectivity index (χ4n) is 2.52. The van der Waals surface area contributed by atoms with Crippen LogP contribution in [0.5, 0.6) is 0 Å². The van der Waals surface area contributed by atoms with E-state index in [9.17, 15) is 5.11 Å². The predicted molar refractivity (Wildman–Crippen MR) is 86.8 cm³/mol. The van der Waals surface area contributed by atoms with E-state index < -0.39 is 6.10 Å². The lowest BCUT2D eigenvalue weighted by molar-refractivity contribution is 0.147. The van der Waals surface area contributed by atoms with E-state index in [-0.39, 0.29) is 5.92 Å². The second-order valence-corrected chi connectivity index (χ2v) is 6.18. The minimum atomic E-state index is -0.599. The molecule has 0 aliphatic rings. The molecule has 2 aromatic carbocycles. The van der Waals surface area contributed by atoms with Crippen LogP contribution in [0.25, 0.3) is 0 Å². The first kappa shape index (κ1) is 15.2. The maximum absolute atomic E-state index is 10.7. The largest absolute Gasteiger partial charge is 0.388 e. The van der Waals surface area contributed by atoms with Crippen LogP contribution < -0.4 is 5.73 Å². The summed E-state index contributed by atoms with van der Waals surface area (Å²) >= 11 is 3.48. The van der Waals surface area contributed by atoms with Crippen molar-refractivity contribution in [3.8, 4) is 0 Å². The molecule has 2 unspecified atom stereocenters. The minimum Gasteiger partial charge on any atom is -0.388 e. The van der Waals surface area contributed by atoms with E-state index in [1.54, 1.807) is 0 Å². The van der Waals surface area contributed by atoms with Gasteiger partial charge in [-0.2, -0.15) is 0 Å². The number of halogens is 1. The van der Waals surface area contributed by atoms with Crippen molar-refractivity contribution in [1.29, 1.82) is 0 Å². The average molecular weight is 334 g/mol. The van der Waals surface area contributed by atoms with E-state index in [1.165, 1.54) is 5.56 Å². The molecule has 3 heteroatoms. The third-order valence-corrected chi connectivity index (χ3v) is 3.97. The highest BCUT2D eigenvalue weighted by Gasteiger charge is 2.22. The van der Waals surface area contributed by atoms with Gasteiger partial charge in [0.2, 0.25) is 0 Å². The first-order chi connectivity index (χ1) is 9.51. The van der Waals surface area contributed by atoms with Crippen molar-refractivity contribution >= 4 is 15.9 Å². The highest BCUT2D eigenvalue weighted by molar-refractivity contribution is 9.10. The van der Waals surface area contributed by atoms with Gasteiger partial charge in [0, 0.05) is 16.9 Å². The normalized spacial score (nSPS) is 14.1. The topological polar surface area (TPSA) is 46.2 Å². The number of nitrogens with two attached hydrogens (primary N) is 1. The molecular formula is C17H20BrNO. The summed E-state index contributed by atoms with van der Waals surface area (Å²) in [5, 5.41) is 10.7. The van der Waals surface area contributed by atoms with Crippen molar-refractivity contribution in [2.75, 3.05) is 6.54 Å². The van der Waals surface area contributed by atoms with Gasteiger partial charge in [-0.25, -0.2) is 0 Å². The van der Waals surface area contributed by atoms with E-state index >= 15 is 0 Å². The molecule has 0 spiro atoms. The minimum absolute atomic E-state index is 0.0939. The lowest BCUT2D eigenvalue weighted by Gasteiger charge is -2.23. The van der Waals surface area contributed by atoms with Crippen molar-refractivity contribution in [1.82, 2.24) is 0 Å². The standard InChI is InChI=1S/C17H20BrNO/c1-11-4-3-5-13(6-11)16(10-19)17(20)14-7-12(2)8-15(18)9-14/h3-9,16-17,20H,10,19H2,1-2H3. The summed E-state index contributed by atoms with van der Waals surface area (Å²) in [6.45, 7) is 4.48. The highest BCUT2D eigenvalue weighted by atomic mass is 79.9. The highest BCUT2D eigenvalue weighted by Crippen LogP contribution is 2.32. The molecular weight excluding hydrogens is 314 g/mol. The van der Waals surface area contributed by atoms with Crippen molar-refractivity contribution in [3.63, 3.8) is 0 Å². The maximum atomic E-state index is 10.7. The number of rotatable bonds is 4. The average Bonchev–Trinajstić information content (AvgIpc) is 2.38. The van der Waals surface area contributed by atoms with Crippen LogP contribution in [-0.4, -0.2) is 11.7 Å². The van der Waals surface area contributed by atoms with Gasteiger partial charge in [-0.3, -0.25) is 0 Å². The molecule has 0 aromatic heterocycles. The Morgan fingerprint density at radius 3 is 2.35 bits per heavy atom. The Bertz CT molecular complexity index is 577. The van der Waals surface area contributed by atoms with Crippen LogP contribution in [0.15, 0.2) is 46.9 Å². The molecule has 0 radical (unpaired) electrons. The molecule has 2 atom stereocenters. The SMILES string of the molecule is Cc1cc(Br)cc(C(O)C(CN)c2cccc(C)c2)c1. The molecule has 3 N–H and O–H groups in total. The van der Waals surface area contributed by atoms with E-state index in [0.29, 0.717) is 6.54 Å². The number of aryl methyl sites for hydroxylation is 2. The molecule has 20 heavy (non-hydrogen) atoms. The number of hydrogen-bond acceptors (Lipinski definition) is 2. The summed E-state index contributed by atoms with van der Waals surface area (Å²) in [6.07, 6.45) is -0.599. The molecule has 2 nitrogen and oxygen atoms in total. The van der Waals surface area contributed by atoms with Crippen LogP contribution in [0.1, 0.15) is 34.3 Å².